The van der Waals surface area contributed by atoms with Crippen molar-refractivity contribution >= 4 is 11.3 Å². The highest BCUT2D eigenvalue weighted by atomic mass is 32.1. The average molecular weight is 225 g/mol. The van der Waals surface area contributed by atoms with Crippen LogP contribution in [0.4, 0.5) is 0 Å². The lowest BCUT2D eigenvalue weighted by Gasteiger charge is -2.28. The number of hydrogen-bond donors (Lipinski definition) is 1. The van der Waals surface area contributed by atoms with Crippen molar-refractivity contribution in [2.24, 2.45) is 5.41 Å². The van der Waals surface area contributed by atoms with Crippen LogP contribution in [-0.2, 0) is 6.42 Å². The molecule has 0 radical (unpaired) electrons. The van der Waals surface area contributed by atoms with Gasteiger partial charge in [0.15, 0.2) is 0 Å². The lowest BCUT2D eigenvalue weighted by Crippen LogP contribution is -2.38. The minimum absolute atomic E-state index is 0.352. The van der Waals surface area contributed by atoms with Gasteiger partial charge in [0.25, 0.3) is 0 Å². The minimum Gasteiger partial charge on any atom is -0.313 e. The van der Waals surface area contributed by atoms with Crippen LogP contribution in [0.25, 0.3) is 0 Å². The first-order valence-corrected chi connectivity index (χ1v) is 6.55. The third kappa shape index (κ3) is 3.96. The molecule has 0 amide bonds. The SMILES string of the molecule is Cc1ccsc1CCNC(C)C(C)(C)C. The number of rotatable bonds is 4. The fraction of sp³-hybridized carbons (Fsp3) is 0.692. The highest BCUT2D eigenvalue weighted by Crippen LogP contribution is 2.19. The summed E-state index contributed by atoms with van der Waals surface area (Å²) in [5.41, 5.74) is 1.79. The number of nitrogens with one attached hydrogen (secondary N) is 1. The highest BCUT2D eigenvalue weighted by Gasteiger charge is 2.18. The molecule has 1 atom stereocenters. The van der Waals surface area contributed by atoms with Gasteiger partial charge in [-0.2, -0.15) is 0 Å². The van der Waals surface area contributed by atoms with Crippen molar-refractivity contribution in [1.29, 1.82) is 0 Å². The smallest absolute Gasteiger partial charge is 0.00874 e. The Morgan fingerprint density at radius 3 is 2.53 bits per heavy atom. The molecule has 1 N–H and O–H groups in total. The molecular formula is C13H23NS. The summed E-state index contributed by atoms with van der Waals surface area (Å²) in [6, 6.07) is 2.77. The Kier molecular flexibility index (Phi) is 4.35. The molecule has 1 heterocycles. The van der Waals surface area contributed by atoms with Crippen molar-refractivity contribution < 1.29 is 0 Å². The Labute approximate surface area is 97.9 Å². The molecule has 0 saturated carbocycles. The molecule has 0 spiro atoms. The molecular weight excluding hydrogens is 202 g/mol. The van der Waals surface area contributed by atoms with Gasteiger partial charge in [-0.15, -0.1) is 11.3 Å². The average Bonchev–Trinajstić information content (AvgIpc) is 2.50. The van der Waals surface area contributed by atoms with E-state index in [9.17, 15) is 0 Å². The van der Waals surface area contributed by atoms with Crippen LogP contribution in [0.15, 0.2) is 11.4 Å². The van der Waals surface area contributed by atoms with Crippen molar-refractivity contribution in [2.75, 3.05) is 6.54 Å². The molecule has 1 rings (SSSR count). The zero-order chi connectivity index (χ0) is 11.5. The van der Waals surface area contributed by atoms with Gasteiger partial charge in [0.05, 0.1) is 0 Å². The van der Waals surface area contributed by atoms with Crippen LogP contribution in [0.2, 0.25) is 0 Å². The van der Waals surface area contributed by atoms with Gasteiger partial charge in [-0.05, 0) is 42.7 Å². The quantitative estimate of drug-likeness (QED) is 0.825. The van der Waals surface area contributed by atoms with Crippen LogP contribution in [0.5, 0.6) is 0 Å². The molecule has 15 heavy (non-hydrogen) atoms. The molecule has 0 saturated heterocycles. The topological polar surface area (TPSA) is 12.0 Å². The molecule has 1 aromatic rings. The fourth-order valence-electron chi connectivity index (χ4n) is 1.37. The molecule has 0 fully saturated rings. The third-order valence-electron chi connectivity index (χ3n) is 3.07. The van der Waals surface area contributed by atoms with Gasteiger partial charge >= 0.3 is 0 Å². The van der Waals surface area contributed by atoms with Crippen LogP contribution < -0.4 is 5.32 Å². The molecule has 0 aliphatic heterocycles. The standard InChI is InChI=1S/C13H23NS/c1-10-7-9-15-12(10)6-8-14-11(2)13(3,4)5/h7,9,11,14H,6,8H2,1-5H3. The molecule has 0 aromatic carbocycles. The van der Waals surface area contributed by atoms with E-state index in [4.69, 9.17) is 0 Å². The zero-order valence-corrected chi connectivity index (χ0v) is 11.4. The Bertz CT molecular complexity index is 296. The Morgan fingerprint density at radius 2 is 2.07 bits per heavy atom. The minimum atomic E-state index is 0.352. The predicted octanol–water partition coefficient (Wildman–Crippen LogP) is 3.62. The molecule has 0 aliphatic rings. The molecule has 0 aliphatic carbocycles. The van der Waals surface area contributed by atoms with Crippen molar-refractivity contribution in [3.8, 4) is 0 Å². The monoisotopic (exact) mass is 225 g/mol. The summed E-state index contributed by atoms with van der Waals surface area (Å²) < 4.78 is 0. The molecule has 86 valence electrons. The van der Waals surface area contributed by atoms with E-state index in [0.717, 1.165) is 13.0 Å². The van der Waals surface area contributed by atoms with Gasteiger partial charge in [0.1, 0.15) is 0 Å². The van der Waals surface area contributed by atoms with Gasteiger partial charge in [0.2, 0.25) is 0 Å². The van der Waals surface area contributed by atoms with E-state index in [1.54, 1.807) is 0 Å². The second kappa shape index (κ2) is 5.13. The summed E-state index contributed by atoms with van der Waals surface area (Å²) in [4.78, 5) is 1.52. The van der Waals surface area contributed by atoms with Crippen molar-refractivity contribution in [3.05, 3.63) is 21.9 Å². The molecule has 1 unspecified atom stereocenters. The summed E-state index contributed by atoms with van der Waals surface area (Å²) in [5, 5.41) is 5.77. The normalized spacial score (nSPS) is 14.2. The Morgan fingerprint density at radius 1 is 1.40 bits per heavy atom. The van der Waals surface area contributed by atoms with Crippen molar-refractivity contribution in [2.45, 2.75) is 47.1 Å². The van der Waals surface area contributed by atoms with E-state index in [1.807, 2.05) is 11.3 Å². The second-order valence-corrected chi connectivity index (χ2v) is 6.32. The van der Waals surface area contributed by atoms with Crippen molar-refractivity contribution in [3.63, 3.8) is 0 Å². The summed E-state index contributed by atoms with van der Waals surface area (Å²) in [5.74, 6) is 0. The van der Waals surface area contributed by atoms with E-state index in [2.05, 4.69) is 51.4 Å². The first-order chi connectivity index (χ1) is 6.91. The first kappa shape index (κ1) is 12.7. The van der Waals surface area contributed by atoms with E-state index < -0.39 is 0 Å². The fourth-order valence-corrected chi connectivity index (χ4v) is 2.28. The maximum absolute atomic E-state index is 3.59. The van der Waals surface area contributed by atoms with E-state index in [0.29, 0.717) is 11.5 Å². The van der Waals surface area contributed by atoms with Crippen LogP contribution in [-0.4, -0.2) is 12.6 Å². The van der Waals surface area contributed by atoms with E-state index in [1.165, 1.54) is 10.4 Å². The van der Waals surface area contributed by atoms with E-state index in [-0.39, 0.29) is 0 Å². The van der Waals surface area contributed by atoms with E-state index >= 15 is 0 Å². The van der Waals surface area contributed by atoms with Crippen molar-refractivity contribution in [1.82, 2.24) is 5.32 Å². The molecule has 1 aromatic heterocycles. The third-order valence-corrected chi connectivity index (χ3v) is 4.15. The molecule has 1 nitrogen and oxygen atoms in total. The molecule has 2 heteroatoms. The number of aryl methyl sites for hydroxylation is 1. The van der Waals surface area contributed by atoms with Gasteiger partial charge in [-0.3, -0.25) is 0 Å². The van der Waals surface area contributed by atoms with Gasteiger partial charge in [-0.25, -0.2) is 0 Å². The van der Waals surface area contributed by atoms with Crippen LogP contribution in [0.1, 0.15) is 38.1 Å². The number of hydrogen-bond acceptors (Lipinski definition) is 2. The first-order valence-electron chi connectivity index (χ1n) is 5.67. The maximum Gasteiger partial charge on any atom is 0.00874 e. The lowest BCUT2D eigenvalue weighted by molar-refractivity contribution is 0.288. The number of thiophene rings is 1. The van der Waals surface area contributed by atoms with Crippen LogP contribution in [0.3, 0.4) is 0 Å². The predicted molar refractivity (Wildman–Crippen MR) is 69.7 cm³/mol. The lowest BCUT2D eigenvalue weighted by atomic mass is 9.88. The summed E-state index contributed by atoms with van der Waals surface area (Å²) >= 11 is 1.87. The van der Waals surface area contributed by atoms with Gasteiger partial charge in [-0.1, -0.05) is 20.8 Å². The Balaban J connectivity index is 2.31. The second-order valence-electron chi connectivity index (χ2n) is 5.32. The Hall–Kier alpha value is -0.340. The van der Waals surface area contributed by atoms with Crippen LogP contribution >= 0.6 is 11.3 Å². The summed E-state index contributed by atoms with van der Waals surface area (Å²) in [6.45, 7) is 12.4. The van der Waals surface area contributed by atoms with Gasteiger partial charge in [0, 0.05) is 17.5 Å². The highest BCUT2D eigenvalue weighted by molar-refractivity contribution is 7.10. The summed E-state index contributed by atoms with van der Waals surface area (Å²) in [7, 11) is 0. The molecule has 0 bridgehead atoms. The maximum atomic E-state index is 3.59. The largest absolute Gasteiger partial charge is 0.313 e. The summed E-state index contributed by atoms with van der Waals surface area (Å²) in [6.07, 6.45) is 1.16. The zero-order valence-electron chi connectivity index (χ0n) is 10.6. The van der Waals surface area contributed by atoms with Crippen LogP contribution in [0, 0.1) is 12.3 Å². The van der Waals surface area contributed by atoms with Gasteiger partial charge < -0.3 is 5.32 Å².